The summed E-state index contributed by atoms with van der Waals surface area (Å²) in [5.41, 5.74) is -1.34. The summed E-state index contributed by atoms with van der Waals surface area (Å²) < 4.78 is 26.8. The lowest BCUT2D eigenvalue weighted by atomic mass is 10.1. The molecule has 0 radical (unpaired) electrons. The normalized spacial score (nSPS) is 15.4. The van der Waals surface area contributed by atoms with Crippen LogP contribution >= 0.6 is 0 Å². The molecule has 0 spiro atoms. The molecule has 0 N–H and O–H groups in total. The van der Waals surface area contributed by atoms with E-state index in [0.717, 1.165) is 19.3 Å². The number of halogens is 2. The van der Waals surface area contributed by atoms with E-state index in [1.807, 2.05) is 0 Å². The van der Waals surface area contributed by atoms with Crippen molar-refractivity contribution in [2.24, 2.45) is 0 Å². The summed E-state index contributed by atoms with van der Waals surface area (Å²) in [6.45, 7) is 0.979. The molecule has 1 aromatic rings. The molecule has 0 aliphatic carbocycles. The number of rotatable bonds is 2. The van der Waals surface area contributed by atoms with E-state index in [2.05, 4.69) is 0 Å². The maximum Gasteiger partial charge on any atom is 0.305 e. The number of carbonyl (C=O) groups excluding carboxylic acids is 1. The number of piperidine rings is 1. The highest BCUT2D eigenvalue weighted by Gasteiger charge is 2.26. The Morgan fingerprint density at radius 1 is 1.16 bits per heavy atom. The highest BCUT2D eigenvalue weighted by atomic mass is 19.1. The molecule has 1 aliphatic heterocycles. The number of likely N-dealkylation sites (tertiary alicyclic amines) is 1. The van der Waals surface area contributed by atoms with Crippen LogP contribution in [0.4, 0.5) is 14.5 Å². The van der Waals surface area contributed by atoms with Crippen molar-refractivity contribution in [2.75, 3.05) is 13.1 Å². The van der Waals surface area contributed by atoms with Crippen LogP contribution in [0.1, 0.15) is 29.6 Å². The van der Waals surface area contributed by atoms with Gasteiger partial charge in [0.1, 0.15) is 5.82 Å². The number of amides is 1. The average Bonchev–Trinajstić information content (AvgIpc) is 2.38. The molecule has 1 fully saturated rings. The SMILES string of the molecule is O=C(c1cc([N+](=O)[O-])c(F)cc1F)N1CCCCC1. The highest BCUT2D eigenvalue weighted by Crippen LogP contribution is 2.23. The fourth-order valence-corrected chi connectivity index (χ4v) is 2.11. The minimum Gasteiger partial charge on any atom is -0.339 e. The largest absolute Gasteiger partial charge is 0.339 e. The summed E-state index contributed by atoms with van der Waals surface area (Å²) >= 11 is 0. The van der Waals surface area contributed by atoms with Crippen molar-refractivity contribution in [3.8, 4) is 0 Å². The highest BCUT2D eigenvalue weighted by molar-refractivity contribution is 5.95. The predicted molar refractivity (Wildman–Crippen MR) is 62.8 cm³/mol. The third-order valence-corrected chi connectivity index (χ3v) is 3.11. The third-order valence-electron chi connectivity index (χ3n) is 3.11. The van der Waals surface area contributed by atoms with Crippen LogP contribution in [-0.2, 0) is 0 Å². The molecule has 0 unspecified atom stereocenters. The number of hydrogen-bond donors (Lipinski definition) is 0. The minimum absolute atomic E-state index is 0.384. The Balaban J connectivity index is 2.35. The number of hydrogen-bond acceptors (Lipinski definition) is 3. The van der Waals surface area contributed by atoms with E-state index in [9.17, 15) is 23.7 Å². The fraction of sp³-hybridized carbons (Fsp3) is 0.417. The molecule has 5 nitrogen and oxygen atoms in total. The maximum absolute atomic E-state index is 13.6. The van der Waals surface area contributed by atoms with Crippen molar-refractivity contribution in [2.45, 2.75) is 19.3 Å². The Morgan fingerprint density at radius 2 is 1.79 bits per heavy atom. The molecule has 0 atom stereocenters. The first-order chi connectivity index (χ1) is 9.00. The smallest absolute Gasteiger partial charge is 0.305 e. The number of carbonyl (C=O) groups is 1. The van der Waals surface area contributed by atoms with Crippen molar-refractivity contribution in [1.82, 2.24) is 4.90 Å². The Kier molecular flexibility index (Phi) is 3.73. The van der Waals surface area contributed by atoms with Crippen LogP contribution in [0.15, 0.2) is 12.1 Å². The Hall–Kier alpha value is -2.05. The molecule has 0 aromatic heterocycles. The van der Waals surface area contributed by atoms with Gasteiger partial charge in [0, 0.05) is 25.2 Å². The van der Waals surface area contributed by atoms with E-state index < -0.39 is 33.7 Å². The maximum atomic E-state index is 13.6. The van der Waals surface area contributed by atoms with Gasteiger partial charge in [0.15, 0.2) is 0 Å². The van der Waals surface area contributed by atoms with Crippen molar-refractivity contribution in [3.05, 3.63) is 39.4 Å². The van der Waals surface area contributed by atoms with Gasteiger partial charge in [0.05, 0.1) is 10.5 Å². The van der Waals surface area contributed by atoms with Gasteiger partial charge >= 0.3 is 5.69 Å². The van der Waals surface area contributed by atoms with Crippen molar-refractivity contribution in [1.29, 1.82) is 0 Å². The van der Waals surface area contributed by atoms with Crippen LogP contribution in [0.25, 0.3) is 0 Å². The molecule has 19 heavy (non-hydrogen) atoms. The molecular formula is C12H12F2N2O3. The first-order valence-corrected chi connectivity index (χ1v) is 5.93. The van der Waals surface area contributed by atoms with Crippen LogP contribution in [0.2, 0.25) is 0 Å². The van der Waals surface area contributed by atoms with E-state index in [0.29, 0.717) is 25.2 Å². The molecule has 1 aromatic carbocycles. The molecule has 0 bridgehead atoms. The Morgan fingerprint density at radius 3 is 2.37 bits per heavy atom. The summed E-state index contributed by atoms with van der Waals surface area (Å²) in [5.74, 6) is -2.98. The van der Waals surface area contributed by atoms with Crippen LogP contribution in [-0.4, -0.2) is 28.8 Å². The van der Waals surface area contributed by atoms with Crippen molar-refractivity contribution in [3.63, 3.8) is 0 Å². The molecule has 7 heteroatoms. The molecule has 102 valence electrons. The van der Waals surface area contributed by atoms with E-state index in [-0.39, 0.29) is 0 Å². The lowest BCUT2D eigenvalue weighted by molar-refractivity contribution is -0.387. The molecule has 2 rings (SSSR count). The van der Waals surface area contributed by atoms with Gasteiger partial charge in [-0.3, -0.25) is 14.9 Å². The average molecular weight is 270 g/mol. The van der Waals surface area contributed by atoms with Crippen molar-refractivity contribution >= 4 is 11.6 Å². The van der Waals surface area contributed by atoms with Gasteiger partial charge in [0.2, 0.25) is 5.82 Å². The lowest BCUT2D eigenvalue weighted by Crippen LogP contribution is -2.36. The number of nitrogens with zero attached hydrogens (tertiary/aromatic N) is 2. The quantitative estimate of drug-likeness (QED) is 0.612. The van der Waals surface area contributed by atoms with Gasteiger partial charge in [0.25, 0.3) is 5.91 Å². The Bertz CT molecular complexity index is 528. The monoisotopic (exact) mass is 270 g/mol. The molecule has 1 amide bonds. The zero-order valence-corrected chi connectivity index (χ0v) is 10.1. The first-order valence-electron chi connectivity index (χ1n) is 5.93. The van der Waals surface area contributed by atoms with Gasteiger partial charge in [-0.25, -0.2) is 4.39 Å². The second-order valence-electron chi connectivity index (χ2n) is 4.39. The van der Waals surface area contributed by atoms with Crippen LogP contribution in [0.5, 0.6) is 0 Å². The molecule has 0 saturated carbocycles. The zero-order valence-electron chi connectivity index (χ0n) is 10.1. The fourth-order valence-electron chi connectivity index (χ4n) is 2.11. The minimum atomic E-state index is -1.28. The topological polar surface area (TPSA) is 63.4 Å². The van der Waals surface area contributed by atoms with E-state index in [1.54, 1.807) is 0 Å². The van der Waals surface area contributed by atoms with E-state index in [4.69, 9.17) is 0 Å². The number of benzene rings is 1. The van der Waals surface area contributed by atoms with Gasteiger partial charge in [-0.1, -0.05) is 0 Å². The molecule has 1 heterocycles. The molecule has 1 saturated heterocycles. The summed E-state index contributed by atoms with van der Waals surface area (Å²) in [7, 11) is 0. The second-order valence-corrected chi connectivity index (χ2v) is 4.39. The number of nitro benzene ring substituents is 1. The van der Waals surface area contributed by atoms with Gasteiger partial charge in [-0.2, -0.15) is 4.39 Å². The van der Waals surface area contributed by atoms with Gasteiger partial charge in [-0.05, 0) is 19.3 Å². The molecular weight excluding hydrogens is 258 g/mol. The van der Waals surface area contributed by atoms with Gasteiger partial charge in [-0.15, -0.1) is 0 Å². The summed E-state index contributed by atoms with van der Waals surface area (Å²) in [6.07, 6.45) is 2.63. The van der Waals surface area contributed by atoms with Crippen molar-refractivity contribution < 1.29 is 18.5 Å². The first kappa shape index (κ1) is 13.4. The van der Waals surface area contributed by atoms with E-state index >= 15 is 0 Å². The molecule has 1 aliphatic rings. The summed E-state index contributed by atoms with van der Waals surface area (Å²) in [6, 6.07) is 1.05. The van der Waals surface area contributed by atoms with Crippen LogP contribution < -0.4 is 0 Å². The lowest BCUT2D eigenvalue weighted by Gasteiger charge is -2.26. The number of nitro groups is 1. The standard InChI is InChI=1S/C12H12F2N2O3/c13-9-7-10(14)11(16(18)19)6-8(9)12(17)15-4-2-1-3-5-15/h6-7H,1-5H2. The summed E-state index contributed by atoms with van der Waals surface area (Å²) in [5, 5.41) is 10.6. The summed E-state index contributed by atoms with van der Waals surface area (Å²) in [4.78, 5) is 23.1. The van der Waals surface area contributed by atoms with E-state index in [1.165, 1.54) is 4.90 Å². The third kappa shape index (κ3) is 2.69. The van der Waals surface area contributed by atoms with Gasteiger partial charge < -0.3 is 4.90 Å². The predicted octanol–water partition coefficient (Wildman–Crippen LogP) is 2.50. The van der Waals surface area contributed by atoms with Crippen LogP contribution in [0.3, 0.4) is 0 Å². The zero-order chi connectivity index (χ0) is 14.0. The second kappa shape index (κ2) is 5.29. The van der Waals surface area contributed by atoms with Crippen LogP contribution in [0, 0.1) is 21.7 Å². The Labute approximate surface area is 108 Å².